The molecule has 2 heterocycles. The van der Waals surface area contributed by atoms with Crippen molar-refractivity contribution in [1.29, 1.82) is 0 Å². The molecule has 2 aliphatic heterocycles. The molecule has 0 aromatic rings. The van der Waals surface area contributed by atoms with Crippen LogP contribution in [-0.2, 0) is 9.53 Å². The van der Waals surface area contributed by atoms with Gasteiger partial charge in [0.2, 0.25) is 5.91 Å². The molecule has 2 aliphatic rings. The number of halogens is 1. The van der Waals surface area contributed by atoms with Gasteiger partial charge in [0, 0.05) is 32.3 Å². The van der Waals surface area contributed by atoms with Crippen molar-refractivity contribution in [2.45, 2.75) is 25.8 Å². The number of carbonyl (C=O) groups excluding carboxylic acids is 1. The van der Waals surface area contributed by atoms with E-state index in [4.69, 9.17) is 4.74 Å². The van der Waals surface area contributed by atoms with E-state index >= 15 is 0 Å². The van der Waals surface area contributed by atoms with Crippen LogP contribution in [0.5, 0.6) is 0 Å². The Kier molecular flexibility index (Phi) is 5.52. The predicted octanol–water partition coefficient (Wildman–Crippen LogP) is 0.655. The van der Waals surface area contributed by atoms with E-state index in [2.05, 4.69) is 12.2 Å². The lowest BCUT2D eigenvalue weighted by Gasteiger charge is -2.35. The van der Waals surface area contributed by atoms with E-state index in [0.717, 1.165) is 39.1 Å². The summed E-state index contributed by atoms with van der Waals surface area (Å²) in [6.07, 6.45) is 2.02. The summed E-state index contributed by atoms with van der Waals surface area (Å²) >= 11 is 0. The third-order valence-electron chi connectivity index (χ3n) is 3.19. The van der Waals surface area contributed by atoms with Crippen molar-refractivity contribution >= 4 is 18.3 Å². The molecule has 16 heavy (non-hydrogen) atoms. The smallest absolute Gasteiger partial charge is 0.228 e. The highest BCUT2D eigenvalue weighted by atomic mass is 35.5. The third kappa shape index (κ3) is 3.34. The van der Waals surface area contributed by atoms with Crippen molar-refractivity contribution in [3.05, 3.63) is 0 Å². The van der Waals surface area contributed by atoms with Gasteiger partial charge in [-0.25, -0.2) is 0 Å². The van der Waals surface area contributed by atoms with E-state index in [1.807, 2.05) is 4.90 Å². The van der Waals surface area contributed by atoms with Gasteiger partial charge in [0.05, 0.1) is 12.5 Å². The van der Waals surface area contributed by atoms with Gasteiger partial charge in [0.15, 0.2) is 0 Å². The third-order valence-corrected chi connectivity index (χ3v) is 3.19. The largest absolute Gasteiger partial charge is 0.381 e. The van der Waals surface area contributed by atoms with Crippen LogP contribution in [0.3, 0.4) is 0 Å². The zero-order valence-electron chi connectivity index (χ0n) is 9.78. The first kappa shape index (κ1) is 13.7. The number of nitrogens with zero attached hydrogens (tertiary/aromatic N) is 1. The maximum atomic E-state index is 12.1. The fraction of sp³-hybridized carbons (Fsp3) is 0.909. The summed E-state index contributed by atoms with van der Waals surface area (Å²) in [5, 5.41) is 3.34. The normalized spacial score (nSPS) is 30.7. The number of nitrogens with one attached hydrogen (secondary N) is 1. The Balaban J connectivity index is 0.00000128. The second-order valence-corrected chi connectivity index (χ2v) is 4.55. The van der Waals surface area contributed by atoms with E-state index in [1.165, 1.54) is 0 Å². The minimum atomic E-state index is 0. The van der Waals surface area contributed by atoms with E-state index in [0.29, 0.717) is 18.6 Å². The van der Waals surface area contributed by atoms with E-state index in [9.17, 15) is 4.79 Å². The van der Waals surface area contributed by atoms with Crippen LogP contribution in [0.25, 0.3) is 0 Å². The molecule has 1 unspecified atom stereocenters. The topological polar surface area (TPSA) is 41.6 Å². The highest BCUT2D eigenvalue weighted by Crippen LogP contribution is 2.17. The van der Waals surface area contributed by atoms with Crippen LogP contribution >= 0.6 is 12.4 Å². The van der Waals surface area contributed by atoms with E-state index in [-0.39, 0.29) is 18.3 Å². The molecule has 0 aromatic carbocycles. The molecule has 2 saturated heterocycles. The number of amides is 1. The average Bonchev–Trinajstić information content (AvgIpc) is 2.29. The Bertz CT molecular complexity index is 232. The van der Waals surface area contributed by atoms with Crippen molar-refractivity contribution in [1.82, 2.24) is 10.2 Å². The minimum absolute atomic E-state index is 0. The summed E-state index contributed by atoms with van der Waals surface area (Å²) in [7, 11) is 0. The Morgan fingerprint density at radius 2 is 2.31 bits per heavy atom. The van der Waals surface area contributed by atoms with Crippen molar-refractivity contribution in [2.24, 2.45) is 5.92 Å². The molecule has 0 bridgehead atoms. The summed E-state index contributed by atoms with van der Waals surface area (Å²) in [5.74, 6) is 0.409. The SMILES string of the molecule is C[C@@H]1CN(C(=O)C2CCCOC2)CCN1.Cl. The Morgan fingerprint density at radius 1 is 1.50 bits per heavy atom. The Morgan fingerprint density at radius 3 is 2.94 bits per heavy atom. The fourth-order valence-corrected chi connectivity index (χ4v) is 2.33. The lowest BCUT2D eigenvalue weighted by atomic mass is 10.00. The molecular formula is C11H21ClN2O2. The van der Waals surface area contributed by atoms with Crippen LogP contribution in [0.15, 0.2) is 0 Å². The number of rotatable bonds is 1. The minimum Gasteiger partial charge on any atom is -0.381 e. The molecule has 0 spiro atoms. The highest BCUT2D eigenvalue weighted by molar-refractivity contribution is 5.85. The van der Waals surface area contributed by atoms with Crippen molar-refractivity contribution < 1.29 is 9.53 Å². The van der Waals surface area contributed by atoms with Crippen LogP contribution in [0, 0.1) is 5.92 Å². The molecule has 0 aromatic heterocycles. The summed E-state index contributed by atoms with van der Waals surface area (Å²) in [4.78, 5) is 14.1. The number of piperazine rings is 1. The maximum absolute atomic E-state index is 12.1. The lowest BCUT2D eigenvalue weighted by molar-refractivity contribution is -0.140. The van der Waals surface area contributed by atoms with Gasteiger partial charge in [0.1, 0.15) is 0 Å². The molecule has 2 rings (SSSR count). The fourth-order valence-electron chi connectivity index (χ4n) is 2.33. The molecule has 94 valence electrons. The van der Waals surface area contributed by atoms with Gasteiger partial charge in [-0.2, -0.15) is 0 Å². The van der Waals surface area contributed by atoms with Crippen LogP contribution in [0.1, 0.15) is 19.8 Å². The summed E-state index contributed by atoms with van der Waals surface area (Å²) in [6, 6.07) is 0.423. The van der Waals surface area contributed by atoms with Crippen LogP contribution < -0.4 is 5.32 Å². The van der Waals surface area contributed by atoms with Gasteiger partial charge in [-0.1, -0.05) is 0 Å². The molecule has 0 aliphatic carbocycles. The molecule has 4 nitrogen and oxygen atoms in total. The van der Waals surface area contributed by atoms with Crippen LogP contribution in [0.4, 0.5) is 0 Å². The van der Waals surface area contributed by atoms with Gasteiger partial charge in [-0.3, -0.25) is 4.79 Å². The summed E-state index contributed by atoms with van der Waals surface area (Å²) < 4.78 is 5.36. The summed E-state index contributed by atoms with van der Waals surface area (Å²) in [5.41, 5.74) is 0. The molecule has 0 radical (unpaired) electrons. The monoisotopic (exact) mass is 248 g/mol. The molecule has 5 heteroatoms. The van der Waals surface area contributed by atoms with Crippen molar-refractivity contribution in [2.75, 3.05) is 32.8 Å². The second-order valence-electron chi connectivity index (χ2n) is 4.55. The van der Waals surface area contributed by atoms with Crippen molar-refractivity contribution in [3.63, 3.8) is 0 Å². The lowest BCUT2D eigenvalue weighted by Crippen LogP contribution is -2.53. The predicted molar refractivity (Wildman–Crippen MR) is 64.8 cm³/mol. The average molecular weight is 249 g/mol. The molecule has 1 N–H and O–H groups in total. The van der Waals surface area contributed by atoms with Crippen LogP contribution in [-0.4, -0.2) is 49.7 Å². The molecule has 2 fully saturated rings. The number of hydrogen-bond acceptors (Lipinski definition) is 3. The number of carbonyl (C=O) groups is 1. The molecular weight excluding hydrogens is 228 g/mol. The zero-order chi connectivity index (χ0) is 10.7. The quantitative estimate of drug-likeness (QED) is 0.741. The molecule has 2 atom stereocenters. The Hall–Kier alpha value is -0.320. The Labute approximate surface area is 103 Å². The van der Waals surface area contributed by atoms with Crippen molar-refractivity contribution in [3.8, 4) is 0 Å². The van der Waals surface area contributed by atoms with Crippen LogP contribution in [0.2, 0.25) is 0 Å². The number of hydrogen-bond donors (Lipinski definition) is 1. The molecule has 0 saturated carbocycles. The summed E-state index contributed by atoms with van der Waals surface area (Å²) in [6.45, 7) is 6.17. The van der Waals surface area contributed by atoms with Gasteiger partial charge in [0.25, 0.3) is 0 Å². The maximum Gasteiger partial charge on any atom is 0.228 e. The molecule has 1 amide bonds. The number of ether oxygens (including phenoxy) is 1. The zero-order valence-corrected chi connectivity index (χ0v) is 10.6. The van der Waals surface area contributed by atoms with Gasteiger partial charge >= 0.3 is 0 Å². The second kappa shape index (κ2) is 6.42. The highest BCUT2D eigenvalue weighted by Gasteiger charge is 2.28. The van der Waals surface area contributed by atoms with Gasteiger partial charge < -0.3 is 15.0 Å². The standard InChI is InChI=1S/C11H20N2O2.ClH/c1-9-7-13(5-4-12-9)11(14)10-3-2-6-15-8-10;/h9-10,12H,2-8H2,1H3;1H/t9-,10?;/m1./s1. The van der Waals surface area contributed by atoms with E-state index < -0.39 is 0 Å². The first-order valence-corrected chi connectivity index (χ1v) is 5.87. The first-order valence-electron chi connectivity index (χ1n) is 5.87. The van der Waals surface area contributed by atoms with Gasteiger partial charge in [-0.15, -0.1) is 12.4 Å². The van der Waals surface area contributed by atoms with E-state index in [1.54, 1.807) is 0 Å². The van der Waals surface area contributed by atoms with Gasteiger partial charge in [-0.05, 0) is 19.8 Å². The first-order chi connectivity index (χ1) is 7.27.